The fourth-order valence-electron chi connectivity index (χ4n) is 2.99. The third kappa shape index (κ3) is 13.3. The van der Waals surface area contributed by atoms with Crippen molar-refractivity contribution in [3.8, 4) is 0 Å². The maximum absolute atomic E-state index is 11.7. The van der Waals surface area contributed by atoms with Crippen LogP contribution in [0.4, 0.5) is 4.79 Å². The molecule has 1 unspecified atom stereocenters. The Labute approximate surface area is 182 Å². The summed E-state index contributed by atoms with van der Waals surface area (Å²) in [7, 11) is -2.86. The predicted molar refractivity (Wildman–Crippen MR) is 120 cm³/mol. The van der Waals surface area contributed by atoms with Crippen LogP contribution < -0.4 is 5.32 Å². The van der Waals surface area contributed by atoms with E-state index in [1.807, 2.05) is 6.92 Å². The Morgan fingerprint density at radius 3 is 2.20 bits per heavy atom. The molecule has 0 aromatic heterocycles. The third-order valence-electron chi connectivity index (χ3n) is 4.74. The minimum Gasteiger partial charge on any atom is -0.449 e. The first-order valence-corrected chi connectivity index (χ1v) is 12.2. The summed E-state index contributed by atoms with van der Waals surface area (Å²) in [6.07, 6.45) is 12.8. The second kappa shape index (κ2) is 16.8. The van der Waals surface area contributed by atoms with Gasteiger partial charge in [0.1, 0.15) is 0 Å². The van der Waals surface area contributed by atoms with E-state index >= 15 is 0 Å². The number of ether oxygens (including phenoxy) is 1. The monoisotopic (exact) mass is 438 g/mol. The van der Waals surface area contributed by atoms with Crippen LogP contribution in [-0.4, -0.2) is 17.6 Å². The average molecular weight is 439 g/mol. The van der Waals surface area contributed by atoms with E-state index in [1.54, 1.807) is 6.08 Å². The van der Waals surface area contributed by atoms with Crippen molar-refractivity contribution >= 4 is 14.3 Å². The number of carbonyl (C=O) groups excluding carboxylic acids is 1. The number of nitrogens with one attached hydrogen (secondary N) is 1. The molecule has 0 fully saturated rings. The van der Waals surface area contributed by atoms with Crippen molar-refractivity contribution in [3.63, 3.8) is 0 Å². The molecule has 0 spiro atoms. The molecule has 168 valence electrons. The molecule has 1 rings (SSSR count). The molecule has 6 nitrogen and oxygen atoms in total. The van der Waals surface area contributed by atoms with Crippen LogP contribution in [0.15, 0.2) is 36.2 Å². The van der Waals surface area contributed by atoms with E-state index in [1.165, 1.54) is 44.1 Å². The van der Waals surface area contributed by atoms with Crippen LogP contribution in [0.1, 0.15) is 82.8 Å². The molecule has 0 aliphatic carbocycles. The normalized spacial score (nSPS) is 11.8. The first-order valence-electron chi connectivity index (χ1n) is 11.1. The van der Waals surface area contributed by atoms with Crippen molar-refractivity contribution in [1.82, 2.24) is 5.32 Å². The minimum absolute atomic E-state index is 0.0557. The van der Waals surface area contributed by atoms with Crippen molar-refractivity contribution < 1.29 is 23.5 Å². The number of hydrogen-bond acceptors (Lipinski definition) is 4. The highest BCUT2D eigenvalue weighted by Gasteiger charge is 2.19. The maximum Gasteiger partial charge on any atom is 0.748 e. The Hall–Kier alpha value is -1.91. The number of rotatable bonds is 16. The Bertz CT molecular complexity index is 645. The topological polar surface area (TPSA) is 84.9 Å². The summed E-state index contributed by atoms with van der Waals surface area (Å²) in [5.74, 6) is -0.0557. The second-order valence-corrected chi connectivity index (χ2v) is 8.04. The van der Waals surface area contributed by atoms with Crippen LogP contribution in [0.5, 0.6) is 0 Å². The van der Waals surface area contributed by atoms with E-state index in [4.69, 9.17) is 14.2 Å². The van der Waals surface area contributed by atoms with Gasteiger partial charge in [-0.2, -0.15) is 0 Å². The summed E-state index contributed by atoms with van der Waals surface area (Å²) < 4.78 is 20.7. The smallest absolute Gasteiger partial charge is 0.449 e. The summed E-state index contributed by atoms with van der Waals surface area (Å²) in [6, 6.07) is 8.55. The zero-order chi connectivity index (χ0) is 22.0. The largest absolute Gasteiger partial charge is 0.748 e. The summed E-state index contributed by atoms with van der Waals surface area (Å²) in [5.41, 5.74) is 2.51. The number of unbranched alkanes of at least 4 members (excludes halogenated alkanes) is 6. The number of benzene rings is 1. The number of alkyl carbamates (subject to hydrolysis) is 1. The highest BCUT2D eigenvalue weighted by Crippen LogP contribution is 2.20. The molecule has 0 aliphatic heterocycles. The lowest BCUT2D eigenvalue weighted by Gasteiger charge is -2.06. The molecule has 1 amide bonds. The lowest BCUT2D eigenvalue weighted by Crippen LogP contribution is -2.24. The third-order valence-corrected chi connectivity index (χ3v) is 5.09. The Morgan fingerprint density at radius 1 is 0.967 bits per heavy atom. The number of hydrogen-bond donors (Lipinski definition) is 2. The summed E-state index contributed by atoms with van der Waals surface area (Å²) in [4.78, 5) is 20.7. The lowest BCUT2D eigenvalue weighted by atomic mass is 10.0. The van der Waals surface area contributed by atoms with Gasteiger partial charge in [0.25, 0.3) is 5.88 Å². The van der Waals surface area contributed by atoms with Gasteiger partial charge in [-0.25, -0.2) is 9.32 Å². The molecule has 0 radical (unpaired) electrons. The minimum atomic E-state index is -2.86. The number of aryl methyl sites for hydroxylation is 2. The van der Waals surface area contributed by atoms with Gasteiger partial charge in [0, 0.05) is 4.57 Å². The molecule has 0 aliphatic rings. The van der Waals surface area contributed by atoms with Crippen molar-refractivity contribution in [1.29, 1.82) is 0 Å². The van der Waals surface area contributed by atoms with Gasteiger partial charge in [-0.1, -0.05) is 76.6 Å². The molecule has 2 N–H and O–H groups in total. The summed E-state index contributed by atoms with van der Waals surface area (Å²) in [6.45, 7) is 4.53. The average Bonchev–Trinajstić information content (AvgIpc) is 2.71. The molecule has 0 saturated heterocycles. The molecule has 0 heterocycles. The molecule has 0 bridgehead atoms. The lowest BCUT2D eigenvalue weighted by molar-refractivity contribution is 0.143. The predicted octanol–water partition coefficient (Wildman–Crippen LogP) is 6.56. The maximum atomic E-state index is 11.7. The second-order valence-electron chi connectivity index (χ2n) is 7.38. The zero-order valence-electron chi connectivity index (χ0n) is 18.4. The van der Waals surface area contributed by atoms with Crippen molar-refractivity contribution in [2.24, 2.45) is 0 Å². The van der Waals surface area contributed by atoms with Crippen LogP contribution in [0.2, 0.25) is 0 Å². The zero-order valence-corrected chi connectivity index (χ0v) is 19.3. The van der Waals surface area contributed by atoms with Crippen LogP contribution in [0, 0.1) is 0 Å². The van der Waals surface area contributed by atoms with E-state index in [0.29, 0.717) is 13.0 Å². The van der Waals surface area contributed by atoms with E-state index in [9.17, 15) is 9.36 Å². The molecule has 7 heteroatoms. The SMILES string of the molecule is CCCCCCCCc1ccc(CCC=C(NC(=O)OCCCC)O[P+](=O)O)cc1. The van der Waals surface area contributed by atoms with Gasteiger partial charge in [0.15, 0.2) is 0 Å². The van der Waals surface area contributed by atoms with Crippen LogP contribution >= 0.6 is 8.25 Å². The van der Waals surface area contributed by atoms with Gasteiger partial charge < -0.3 is 4.74 Å². The van der Waals surface area contributed by atoms with Crippen molar-refractivity contribution in [2.45, 2.75) is 84.5 Å². The van der Waals surface area contributed by atoms with E-state index in [2.05, 4.69) is 36.5 Å². The Morgan fingerprint density at radius 2 is 1.57 bits per heavy atom. The quantitative estimate of drug-likeness (QED) is 0.173. The molecule has 1 aromatic rings. The highest BCUT2D eigenvalue weighted by atomic mass is 31.1. The van der Waals surface area contributed by atoms with Gasteiger partial charge >= 0.3 is 14.3 Å². The Balaban J connectivity index is 2.41. The summed E-state index contributed by atoms with van der Waals surface area (Å²) >= 11 is 0. The fourth-order valence-corrected chi connectivity index (χ4v) is 3.28. The molecule has 30 heavy (non-hydrogen) atoms. The molecule has 0 saturated carbocycles. The van der Waals surface area contributed by atoms with Gasteiger partial charge in [-0.3, -0.25) is 5.32 Å². The van der Waals surface area contributed by atoms with Crippen LogP contribution in [-0.2, 0) is 26.7 Å². The van der Waals surface area contributed by atoms with Gasteiger partial charge in [0.2, 0.25) is 0 Å². The summed E-state index contributed by atoms with van der Waals surface area (Å²) in [5, 5.41) is 2.38. The number of amides is 1. The number of carbonyl (C=O) groups is 1. The molecular formula is C23H37NO5P+. The fraction of sp³-hybridized carbons (Fsp3) is 0.609. The van der Waals surface area contributed by atoms with Gasteiger partial charge in [-0.05, 0) is 49.3 Å². The standard InChI is InChI=1S/C23H36NO5P/c1-3-5-7-8-9-10-12-20-15-17-21(18-16-20)13-11-14-22(29-30(26)27)24-23(25)28-19-6-4-2/h14-18H,3-13,19H2,1-2H3,(H-,24,25,26,27)/p+1. The van der Waals surface area contributed by atoms with E-state index < -0.39 is 14.3 Å². The first-order chi connectivity index (χ1) is 14.5. The van der Waals surface area contributed by atoms with E-state index in [-0.39, 0.29) is 5.88 Å². The van der Waals surface area contributed by atoms with Gasteiger partial charge in [0.05, 0.1) is 6.61 Å². The molecule has 1 atom stereocenters. The van der Waals surface area contributed by atoms with Crippen molar-refractivity contribution in [2.75, 3.05) is 6.61 Å². The molecule has 1 aromatic carbocycles. The van der Waals surface area contributed by atoms with E-state index in [0.717, 1.165) is 31.2 Å². The van der Waals surface area contributed by atoms with Gasteiger partial charge in [-0.15, -0.1) is 4.89 Å². The molecular weight excluding hydrogens is 401 g/mol. The number of allylic oxidation sites excluding steroid dienone is 1. The first kappa shape index (κ1) is 26.1. The van der Waals surface area contributed by atoms with Crippen LogP contribution in [0.25, 0.3) is 0 Å². The Kier molecular flexibility index (Phi) is 14.7. The van der Waals surface area contributed by atoms with Crippen molar-refractivity contribution in [3.05, 3.63) is 47.4 Å². The highest BCUT2D eigenvalue weighted by molar-refractivity contribution is 7.32. The van der Waals surface area contributed by atoms with Crippen LogP contribution in [0.3, 0.4) is 0 Å².